The van der Waals surface area contributed by atoms with Crippen molar-refractivity contribution < 1.29 is 42.5 Å². The second kappa shape index (κ2) is 17.2. The molecule has 13 nitrogen and oxygen atoms in total. The van der Waals surface area contributed by atoms with Crippen molar-refractivity contribution in [2.24, 2.45) is 11.8 Å². The highest BCUT2D eigenvalue weighted by molar-refractivity contribution is 7.13. The molecule has 61 heavy (non-hydrogen) atoms. The van der Waals surface area contributed by atoms with E-state index in [1.165, 1.54) is 51.8 Å². The molecule has 6 saturated heterocycles. The normalized spacial score (nSPS) is 23.9. The largest absolute Gasteiger partial charge is 0.418 e. The number of esters is 2. The summed E-state index contributed by atoms with van der Waals surface area (Å²) < 4.78 is 38.1. The molecule has 8 heterocycles. The van der Waals surface area contributed by atoms with Crippen molar-refractivity contribution in [3.63, 3.8) is 0 Å². The number of aromatic nitrogens is 2. The Balaban J connectivity index is 0.970. The summed E-state index contributed by atoms with van der Waals surface area (Å²) in [5.74, 6) is -2.98. The van der Waals surface area contributed by atoms with Crippen molar-refractivity contribution in [2.75, 3.05) is 39.3 Å². The predicted octanol–water partition coefficient (Wildman–Crippen LogP) is 7.25. The predicted molar refractivity (Wildman–Crippen MR) is 224 cm³/mol. The van der Waals surface area contributed by atoms with Crippen LogP contribution in [-0.4, -0.2) is 116 Å². The molecule has 2 amide bonds. The van der Waals surface area contributed by atoms with Gasteiger partial charge in [0.05, 0.1) is 41.0 Å². The molecule has 2 aromatic carbocycles. The molecule has 2 aromatic heterocycles. The van der Waals surface area contributed by atoms with Crippen molar-refractivity contribution in [3.8, 4) is 21.1 Å². The van der Waals surface area contributed by atoms with Gasteiger partial charge in [-0.3, -0.25) is 14.6 Å². The second-order valence-electron chi connectivity index (χ2n) is 17.5. The number of nitrogens with zero attached hydrogens (tertiary/aromatic N) is 6. The van der Waals surface area contributed by atoms with E-state index in [2.05, 4.69) is 9.80 Å². The Bertz CT molecular complexity index is 2250. The minimum Gasteiger partial charge on any atom is -0.381 e. The summed E-state index contributed by atoms with van der Waals surface area (Å²) >= 11 is 2.69. The first-order valence-corrected chi connectivity index (χ1v) is 22.5. The minimum absolute atomic E-state index is 0.134. The van der Waals surface area contributed by atoms with Gasteiger partial charge in [0.1, 0.15) is 21.6 Å². The molecule has 4 aromatic rings. The number of piperidine rings is 6. The van der Waals surface area contributed by atoms with E-state index >= 15 is 0 Å². The zero-order chi connectivity index (χ0) is 43.2. The van der Waals surface area contributed by atoms with E-state index in [4.69, 9.17) is 19.4 Å². The number of hydrogen-bond acceptors (Lipinski definition) is 13. The fraction of sp³-hybridized carbons (Fsp3) is 0.500. The first-order chi connectivity index (χ1) is 29.1. The molecule has 6 fully saturated rings. The summed E-state index contributed by atoms with van der Waals surface area (Å²) in [5, 5.41) is 15.9. The highest BCUT2D eigenvalue weighted by Gasteiger charge is 2.50. The number of halogens is 2. The van der Waals surface area contributed by atoms with Gasteiger partial charge in [0.2, 0.25) is 0 Å². The van der Waals surface area contributed by atoms with E-state index in [1.54, 1.807) is 29.2 Å². The van der Waals surface area contributed by atoms with E-state index in [9.17, 15) is 33.1 Å². The lowest BCUT2D eigenvalue weighted by Gasteiger charge is -2.52. The van der Waals surface area contributed by atoms with E-state index in [-0.39, 0.29) is 35.6 Å². The van der Waals surface area contributed by atoms with E-state index < -0.39 is 47.7 Å². The third kappa shape index (κ3) is 8.85. The molecule has 0 radical (unpaired) electrons. The summed E-state index contributed by atoms with van der Waals surface area (Å²) in [6.45, 7) is 12.0. The summed E-state index contributed by atoms with van der Waals surface area (Å²) in [4.78, 5) is 72.5. The lowest BCUT2D eigenvalue weighted by Crippen LogP contribution is -2.63. The van der Waals surface area contributed by atoms with Gasteiger partial charge in [0.25, 0.3) is 0 Å². The Labute approximate surface area is 361 Å². The van der Waals surface area contributed by atoms with Gasteiger partial charge < -0.3 is 24.4 Å². The number of hydrogen-bond donors (Lipinski definition) is 1. The number of amides is 2. The van der Waals surface area contributed by atoms with Crippen LogP contribution in [0.4, 0.5) is 18.4 Å². The first-order valence-electron chi connectivity index (χ1n) is 20.7. The Morgan fingerprint density at radius 2 is 1.10 bits per heavy atom. The SMILES string of the molecule is CC(C)(c1csc(-c2ccc(F)cc2)n1)N(C(=O)OC(=O)CC(O)C(=O)OC(=O)N(C1CN2CCC1CC2)C(C)(C)c1csc(-c2ccc(F)cc2)n1)C1CN2CCC1CC2. The molecular weight excluding hydrogens is 827 g/mol. The van der Waals surface area contributed by atoms with Crippen LogP contribution < -0.4 is 0 Å². The zero-order valence-corrected chi connectivity index (χ0v) is 36.2. The van der Waals surface area contributed by atoms with Gasteiger partial charge in [0.15, 0.2) is 6.10 Å². The number of aliphatic hydroxyl groups is 1. The van der Waals surface area contributed by atoms with Crippen LogP contribution in [0.15, 0.2) is 59.3 Å². The Morgan fingerprint density at radius 1 is 0.705 bits per heavy atom. The van der Waals surface area contributed by atoms with Gasteiger partial charge in [-0.2, -0.15) is 0 Å². The fourth-order valence-corrected chi connectivity index (χ4v) is 11.4. The molecule has 0 spiro atoms. The Kier molecular flexibility index (Phi) is 12.1. The number of carbonyl (C=O) groups is 4. The molecule has 3 unspecified atom stereocenters. The number of ether oxygens (including phenoxy) is 2. The van der Waals surface area contributed by atoms with Crippen LogP contribution >= 0.6 is 22.7 Å². The van der Waals surface area contributed by atoms with Crippen LogP contribution in [0.3, 0.4) is 0 Å². The summed E-state index contributed by atoms with van der Waals surface area (Å²) in [6, 6.07) is 11.3. The zero-order valence-electron chi connectivity index (χ0n) is 34.6. The summed E-state index contributed by atoms with van der Waals surface area (Å²) in [5.41, 5.74) is 0.369. The molecule has 4 bridgehead atoms. The smallest absolute Gasteiger partial charge is 0.381 e. The fourth-order valence-electron chi connectivity index (χ4n) is 9.45. The number of fused-ring (bicyclic) bond motifs is 6. The number of carbonyl (C=O) groups excluding carboxylic acids is 4. The van der Waals surface area contributed by atoms with Gasteiger partial charge in [0, 0.05) is 35.0 Å². The van der Waals surface area contributed by atoms with Crippen LogP contribution in [0.25, 0.3) is 21.1 Å². The summed E-state index contributed by atoms with van der Waals surface area (Å²) in [6.07, 6.45) is -1.56. The maximum atomic E-state index is 14.2. The van der Waals surface area contributed by atoms with Gasteiger partial charge in [-0.1, -0.05) is 0 Å². The molecule has 10 rings (SSSR count). The molecule has 1 N–H and O–H groups in total. The maximum Gasteiger partial charge on any atom is 0.418 e. The summed E-state index contributed by atoms with van der Waals surface area (Å²) in [7, 11) is 0. The average Bonchev–Trinajstić information content (AvgIpc) is 3.95. The first kappa shape index (κ1) is 43.0. The van der Waals surface area contributed by atoms with Crippen molar-refractivity contribution in [1.82, 2.24) is 29.6 Å². The van der Waals surface area contributed by atoms with Crippen LogP contribution in [0.5, 0.6) is 0 Å². The molecule has 17 heteroatoms. The molecule has 6 aliphatic rings. The Morgan fingerprint density at radius 3 is 1.48 bits per heavy atom. The average molecular weight is 877 g/mol. The highest BCUT2D eigenvalue weighted by Crippen LogP contribution is 2.42. The monoisotopic (exact) mass is 876 g/mol. The topological polar surface area (TPSA) is 146 Å². The van der Waals surface area contributed by atoms with Crippen LogP contribution in [0.1, 0.15) is 71.2 Å². The van der Waals surface area contributed by atoms with Crippen molar-refractivity contribution in [2.45, 2.75) is 89.1 Å². The van der Waals surface area contributed by atoms with Crippen molar-refractivity contribution in [3.05, 3.63) is 82.3 Å². The van der Waals surface area contributed by atoms with Crippen molar-refractivity contribution in [1.29, 1.82) is 0 Å². The highest BCUT2D eigenvalue weighted by atomic mass is 32.1. The quantitative estimate of drug-likeness (QED) is 0.120. The van der Waals surface area contributed by atoms with Crippen LogP contribution in [-0.2, 0) is 30.1 Å². The lowest BCUT2D eigenvalue weighted by molar-refractivity contribution is -0.156. The van der Waals surface area contributed by atoms with Gasteiger partial charge in [-0.25, -0.2) is 33.1 Å². The van der Waals surface area contributed by atoms with Crippen LogP contribution in [0, 0.1) is 23.5 Å². The van der Waals surface area contributed by atoms with E-state index in [0.29, 0.717) is 40.1 Å². The molecule has 6 aliphatic heterocycles. The third-order valence-electron chi connectivity index (χ3n) is 13.0. The molecule has 0 aliphatic carbocycles. The maximum absolute atomic E-state index is 14.2. The van der Waals surface area contributed by atoms with Gasteiger partial charge in [-0.15, -0.1) is 22.7 Å². The molecule has 324 valence electrons. The number of thiazole rings is 2. The number of aliphatic hydroxyl groups excluding tert-OH is 1. The molecular formula is C44H50F2N6O7S2. The van der Waals surface area contributed by atoms with Crippen LogP contribution in [0.2, 0.25) is 0 Å². The number of rotatable bonds is 11. The van der Waals surface area contributed by atoms with Crippen molar-refractivity contribution >= 4 is 46.8 Å². The van der Waals surface area contributed by atoms with Gasteiger partial charge in [-0.05, 0) is 140 Å². The van der Waals surface area contributed by atoms with E-state index in [1.807, 2.05) is 38.5 Å². The van der Waals surface area contributed by atoms with E-state index in [0.717, 1.165) is 57.4 Å². The Hall–Kier alpha value is -4.68. The molecule has 0 saturated carbocycles. The lowest BCUT2D eigenvalue weighted by atomic mass is 9.81. The third-order valence-corrected chi connectivity index (χ3v) is 14.8. The van der Waals surface area contributed by atoms with Gasteiger partial charge >= 0.3 is 24.1 Å². The second-order valence-corrected chi connectivity index (χ2v) is 19.2. The molecule has 3 atom stereocenters. The minimum atomic E-state index is -2.11. The number of benzene rings is 2. The standard InChI is InChI=1S/C44H50F2N6O7S2/c1-43(2,35-24-60-38(47-35)28-5-9-30(45)10-6-28)51(32-22-49-17-13-26(32)14-18-49)41(56)58-37(54)21-34(53)40(55)59-42(57)52(33-23-50-19-15-27(33)16-20-50)44(3,4)36-25-61-39(48-36)29-7-11-31(46)12-8-29/h5-12,24-27,32-34,53H,13-23H2,1-4H3.